The van der Waals surface area contributed by atoms with Crippen LogP contribution in [0.1, 0.15) is 66.2 Å². The Morgan fingerprint density at radius 3 is 2.30 bits per heavy atom. The van der Waals surface area contributed by atoms with Gasteiger partial charge < -0.3 is 15.0 Å². The van der Waals surface area contributed by atoms with Crippen molar-refractivity contribution < 1.29 is 23.9 Å². The normalized spacial score (nSPS) is 18.5. The van der Waals surface area contributed by atoms with Crippen LogP contribution in [-0.4, -0.2) is 64.4 Å². The number of hydrogen-bond donors (Lipinski definition) is 1. The molecule has 1 heterocycles. The Kier molecular flexibility index (Phi) is 6.84. The Balaban J connectivity index is 1.74. The minimum atomic E-state index is -0.721. The minimum Gasteiger partial charge on any atom is -0.456 e. The zero-order valence-corrected chi connectivity index (χ0v) is 16.7. The first kappa shape index (κ1) is 21.2. The summed E-state index contributed by atoms with van der Waals surface area (Å²) in [6.07, 6.45) is 3.61. The summed E-state index contributed by atoms with van der Waals surface area (Å²) in [4.78, 5) is 51.5. The van der Waals surface area contributed by atoms with Gasteiger partial charge >= 0.3 is 12.0 Å². The summed E-state index contributed by atoms with van der Waals surface area (Å²) in [5, 5.41) is 2.81. The van der Waals surface area contributed by atoms with Crippen molar-refractivity contribution in [2.75, 3.05) is 13.2 Å². The molecule has 0 radical (unpaired) electrons. The predicted octanol–water partition coefficient (Wildman–Crippen LogP) is 1.82. The molecule has 0 atom stereocenters. The molecule has 0 unspecified atom stereocenters. The van der Waals surface area contributed by atoms with Crippen LogP contribution in [0.15, 0.2) is 0 Å². The standard InChI is InChI=1S/C19H31N3O5/c1-13(2)22(14(3)4)15(23)12-27-16(24)8-7-11-21-17(25)19(20-18(21)26)9-5-6-10-19/h13-14H,5-12H2,1-4H3,(H,20,26). The number of urea groups is 1. The third-order valence-corrected chi connectivity index (χ3v) is 5.22. The number of imide groups is 1. The van der Waals surface area contributed by atoms with Gasteiger partial charge in [-0.3, -0.25) is 19.3 Å². The second-order valence-corrected chi connectivity index (χ2v) is 7.93. The SMILES string of the molecule is CC(C)N(C(=O)COC(=O)CCCN1C(=O)NC2(CCCC2)C1=O)C(C)C. The third-order valence-electron chi connectivity index (χ3n) is 5.22. The quantitative estimate of drug-likeness (QED) is 0.511. The molecule has 2 rings (SSSR count). The van der Waals surface area contributed by atoms with Crippen molar-refractivity contribution in [3.8, 4) is 0 Å². The lowest BCUT2D eigenvalue weighted by Crippen LogP contribution is -2.44. The third kappa shape index (κ3) is 4.78. The van der Waals surface area contributed by atoms with E-state index in [0.29, 0.717) is 19.3 Å². The fourth-order valence-electron chi connectivity index (χ4n) is 4.04. The molecular formula is C19H31N3O5. The second-order valence-electron chi connectivity index (χ2n) is 7.93. The van der Waals surface area contributed by atoms with Crippen molar-refractivity contribution in [3.05, 3.63) is 0 Å². The first-order chi connectivity index (χ1) is 12.7. The van der Waals surface area contributed by atoms with E-state index in [1.165, 1.54) is 4.90 Å². The zero-order valence-electron chi connectivity index (χ0n) is 16.7. The molecule has 2 fully saturated rings. The highest BCUT2D eigenvalue weighted by Gasteiger charge is 2.52. The summed E-state index contributed by atoms with van der Waals surface area (Å²) in [5.41, 5.74) is -0.721. The minimum absolute atomic E-state index is 0.0267. The fraction of sp³-hybridized carbons (Fsp3) is 0.789. The molecule has 1 aliphatic carbocycles. The van der Waals surface area contributed by atoms with Crippen LogP contribution >= 0.6 is 0 Å². The average Bonchev–Trinajstić information content (AvgIpc) is 3.13. The summed E-state index contributed by atoms with van der Waals surface area (Å²) in [6.45, 7) is 7.54. The molecule has 8 nitrogen and oxygen atoms in total. The smallest absolute Gasteiger partial charge is 0.325 e. The molecule has 4 amide bonds. The van der Waals surface area contributed by atoms with Gasteiger partial charge in [0.1, 0.15) is 5.54 Å². The molecule has 1 aliphatic heterocycles. The van der Waals surface area contributed by atoms with Gasteiger partial charge in [-0.15, -0.1) is 0 Å². The first-order valence-electron chi connectivity index (χ1n) is 9.79. The van der Waals surface area contributed by atoms with Crippen LogP contribution in [0.25, 0.3) is 0 Å². The summed E-state index contributed by atoms with van der Waals surface area (Å²) in [6, 6.07) is -0.326. The zero-order chi connectivity index (χ0) is 20.2. The number of nitrogens with zero attached hydrogens (tertiary/aromatic N) is 2. The molecule has 8 heteroatoms. The van der Waals surface area contributed by atoms with E-state index in [1.807, 2.05) is 27.7 Å². The topological polar surface area (TPSA) is 96.0 Å². The summed E-state index contributed by atoms with van der Waals surface area (Å²) in [7, 11) is 0. The lowest BCUT2D eigenvalue weighted by atomic mass is 9.98. The van der Waals surface area contributed by atoms with Gasteiger partial charge in [-0.05, 0) is 47.0 Å². The molecular weight excluding hydrogens is 350 g/mol. The number of amides is 4. The van der Waals surface area contributed by atoms with Crippen molar-refractivity contribution in [1.82, 2.24) is 15.1 Å². The Morgan fingerprint density at radius 2 is 1.74 bits per heavy atom. The van der Waals surface area contributed by atoms with E-state index in [0.717, 1.165) is 12.8 Å². The van der Waals surface area contributed by atoms with Gasteiger partial charge in [-0.25, -0.2) is 4.79 Å². The van der Waals surface area contributed by atoms with Crippen LogP contribution in [0.2, 0.25) is 0 Å². The molecule has 27 heavy (non-hydrogen) atoms. The van der Waals surface area contributed by atoms with E-state index < -0.39 is 11.5 Å². The molecule has 0 aromatic rings. The number of ether oxygens (including phenoxy) is 1. The lowest BCUT2D eigenvalue weighted by molar-refractivity contribution is -0.153. The monoisotopic (exact) mass is 381 g/mol. The van der Waals surface area contributed by atoms with E-state index >= 15 is 0 Å². The van der Waals surface area contributed by atoms with E-state index in [9.17, 15) is 19.2 Å². The van der Waals surface area contributed by atoms with Gasteiger partial charge in [0.15, 0.2) is 6.61 Å². The number of nitrogens with one attached hydrogen (secondary N) is 1. The van der Waals surface area contributed by atoms with Crippen LogP contribution in [0.5, 0.6) is 0 Å². The molecule has 1 spiro atoms. The predicted molar refractivity (Wildman–Crippen MR) is 98.8 cm³/mol. The number of rotatable bonds is 8. The molecule has 1 saturated heterocycles. The van der Waals surface area contributed by atoms with Crippen LogP contribution in [0.3, 0.4) is 0 Å². The highest BCUT2D eigenvalue weighted by Crippen LogP contribution is 2.35. The van der Waals surface area contributed by atoms with Gasteiger partial charge in [0, 0.05) is 25.0 Å². The van der Waals surface area contributed by atoms with Gasteiger partial charge in [0.25, 0.3) is 11.8 Å². The number of carbonyl (C=O) groups is 4. The van der Waals surface area contributed by atoms with Crippen molar-refractivity contribution in [3.63, 3.8) is 0 Å². The Morgan fingerprint density at radius 1 is 1.15 bits per heavy atom. The van der Waals surface area contributed by atoms with Gasteiger partial charge in [-0.2, -0.15) is 0 Å². The number of esters is 1. The number of hydrogen-bond acceptors (Lipinski definition) is 5. The van der Waals surface area contributed by atoms with E-state index in [-0.39, 0.29) is 49.5 Å². The Bertz CT molecular complexity index is 588. The molecule has 1 N–H and O–H groups in total. The van der Waals surface area contributed by atoms with Crippen LogP contribution in [0, 0.1) is 0 Å². The maximum Gasteiger partial charge on any atom is 0.325 e. The van der Waals surface area contributed by atoms with Crippen LogP contribution < -0.4 is 5.32 Å². The van der Waals surface area contributed by atoms with Gasteiger partial charge in [0.05, 0.1) is 0 Å². The van der Waals surface area contributed by atoms with E-state index in [1.54, 1.807) is 4.90 Å². The maximum atomic E-state index is 12.5. The van der Waals surface area contributed by atoms with Crippen molar-refractivity contribution >= 4 is 23.8 Å². The highest BCUT2D eigenvalue weighted by molar-refractivity contribution is 6.07. The van der Waals surface area contributed by atoms with E-state index in [4.69, 9.17) is 4.74 Å². The van der Waals surface area contributed by atoms with Gasteiger partial charge in [-0.1, -0.05) is 12.8 Å². The Labute approximate surface area is 160 Å². The number of carbonyl (C=O) groups excluding carboxylic acids is 4. The summed E-state index contributed by atoms with van der Waals surface area (Å²) in [5.74, 6) is -0.915. The van der Waals surface area contributed by atoms with E-state index in [2.05, 4.69) is 5.32 Å². The van der Waals surface area contributed by atoms with Crippen molar-refractivity contribution in [2.24, 2.45) is 0 Å². The molecule has 1 saturated carbocycles. The van der Waals surface area contributed by atoms with Crippen LogP contribution in [0.4, 0.5) is 4.79 Å². The van der Waals surface area contributed by atoms with Gasteiger partial charge in [0.2, 0.25) is 0 Å². The summed E-state index contributed by atoms with van der Waals surface area (Å²) < 4.78 is 5.06. The maximum absolute atomic E-state index is 12.5. The molecule has 0 aromatic heterocycles. The molecule has 0 aromatic carbocycles. The molecule has 0 bridgehead atoms. The fourth-order valence-corrected chi connectivity index (χ4v) is 4.04. The summed E-state index contributed by atoms with van der Waals surface area (Å²) >= 11 is 0. The lowest BCUT2D eigenvalue weighted by Gasteiger charge is -2.30. The Hall–Kier alpha value is -2.12. The van der Waals surface area contributed by atoms with Crippen LogP contribution in [-0.2, 0) is 19.1 Å². The molecule has 152 valence electrons. The highest BCUT2D eigenvalue weighted by atomic mass is 16.5. The second kappa shape index (κ2) is 8.71. The molecule has 2 aliphatic rings. The van der Waals surface area contributed by atoms with Crippen molar-refractivity contribution in [1.29, 1.82) is 0 Å². The largest absolute Gasteiger partial charge is 0.456 e. The average molecular weight is 381 g/mol. The van der Waals surface area contributed by atoms with Crippen molar-refractivity contribution in [2.45, 2.75) is 83.8 Å². The first-order valence-corrected chi connectivity index (χ1v) is 9.79.